The summed E-state index contributed by atoms with van der Waals surface area (Å²) in [6.07, 6.45) is 0. The van der Waals surface area contributed by atoms with Crippen molar-refractivity contribution >= 4 is 17.5 Å². The summed E-state index contributed by atoms with van der Waals surface area (Å²) in [5.74, 6) is 0.673. The molecule has 2 aromatic carbocycles. The number of carbonyl (C=O) groups is 2. The van der Waals surface area contributed by atoms with E-state index >= 15 is 0 Å². The number of nitrogens with one attached hydrogen (secondary N) is 1. The summed E-state index contributed by atoms with van der Waals surface area (Å²) in [4.78, 5) is 25.0. The van der Waals surface area contributed by atoms with Crippen LogP contribution in [0.25, 0.3) is 0 Å². The van der Waals surface area contributed by atoms with Crippen LogP contribution in [0.5, 0.6) is 11.5 Å². The SMILES string of the molecule is CC(C)N(CC(N)=O)CC(=O)Nc1cccc(Oc2ccccc2)c1. The van der Waals surface area contributed by atoms with Gasteiger partial charge in [-0.05, 0) is 38.1 Å². The fourth-order valence-electron chi connectivity index (χ4n) is 2.27. The number of hydrogen-bond acceptors (Lipinski definition) is 4. The number of amides is 2. The zero-order valence-corrected chi connectivity index (χ0v) is 14.4. The van der Waals surface area contributed by atoms with Gasteiger partial charge in [-0.2, -0.15) is 0 Å². The van der Waals surface area contributed by atoms with E-state index in [1.165, 1.54) is 0 Å². The molecule has 2 rings (SSSR count). The number of nitrogens with two attached hydrogens (primary N) is 1. The monoisotopic (exact) mass is 341 g/mol. The minimum absolute atomic E-state index is 0.0333. The van der Waals surface area contributed by atoms with Crippen LogP contribution in [0, 0.1) is 0 Å². The third kappa shape index (κ3) is 6.27. The molecule has 0 spiro atoms. The molecule has 2 amide bonds. The lowest BCUT2D eigenvalue weighted by Crippen LogP contribution is -2.43. The Hall–Kier alpha value is -2.86. The van der Waals surface area contributed by atoms with Gasteiger partial charge in [0.15, 0.2) is 0 Å². The molecule has 0 atom stereocenters. The normalized spacial score (nSPS) is 10.7. The number of anilines is 1. The van der Waals surface area contributed by atoms with Gasteiger partial charge in [0, 0.05) is 17.8 Å². The van der Waals surface area contributed by atoms with Crippen molar-refractivity contribution in [2.45, 2.75) is 19.9 Å². The Balaban J connectivity index is 1.98. The molecule has 6 nitrogen and oxygen atoms in total. The zero-order valence-electron chi connectivity index (χ0n) is 14.4. The Morgan fingerprint density at radius 2 is 1.72 bits per heavy atom. The van der Waals surface area contributed by atoms with Gasteiger partial charge in [-0.15, -0.1) is 0 Å². The van der Waals surface area contributed by atoms with Crippen LogP contribution < -0.4 is 15.8 Å². The molecule has 0 fully saturated rings. The zero-order chi connectivity index (χ0) is 18.2. The average Bonchev–Trinajstić information content (AvgIpc) is 2.55. The fourth-order valence-corrected chi connectivity index (χ4v) is 2.27. The molecule has 0 radical (unpaired) electrons. The first-order valence-corrected chi connectivity index (χ1v) is 8.09. The average molecular weight is 341 g/mol. The molecule has 0 saturated heterocycles. The Morgan fingerprint density at radius 1 is 1.04 bits per heavy atom. The second-order valence-corrected chi connectivity index (χ2v) is 5.96. The number of rotatable bonds is 8. The van der Waals surface area contributed by atoms with Crippen molar-refractivity contribution in [2.24, 2.45) is 5.73 Å². The summed E-state index contributed by atoms with van der Waals surface area (Å²) in [7, 11) is 0. The van der Waals surface area contributed by atoms with Crippen LogP contribution in [-0.4, -0.2) is 35.8 Å². The number of benzene rings is 2. The van der Waals surface area contributed by atoms with Crippen molar-refractivity contribution in [3.8, 4) is 11.5 Å². The van der Waals surface area contributed by atoms with E-state index in [4.69, 9.17) is 10.5 Å². The number of nitrogens with zero attached hydrogens (tertiary/aromatic N) is 1. The maximum atomic E-state index is 12.2. The lowest BCUT2D eigenvalue weighted by atomic mass is 10.2. The topological polar surface area (TPSA) is 84.7 Å². The van der Waals surface area contributed by atoms with Gasteiger partial charge in [-0.1, -0.05) is 24.3 Å². The molecule has 0 aliphatic carbocycles. The van der Waals surface area contributed by atoms with Gasteiger partial charge in [0.1, 0.15) is 11.5 Å². The third-order valence-electron chi connectivity index (χ3n) is 3.53. The van der Waals surface area contributed by atoms with Gasteiger partial charge in [0.05, 0.1) is 13.1 Å². The van der Waals surface area contributed by atoms with Crippen LogP contribution in [0.2, 0.25) is 0 Å². The maximum Gasteiger partial charge on any atom is 0.238 e. The molecule has 25 heavy (non-hydrogen) atoms. The lowest BCUT2D eigenvalue weighted by molar-refractivity contribution is -0.121. The smallest absolute Gasteiger partial charge is 0.238 e. The first-order chi connectivity index (χ1) is 11.9. The summed E-state index contributed by atoms with van der Waals surface area (Å²) in [6.45, 7) is 3.95. The van der Waals surface area contributed by atoms with E-state index in [9.17, 15) is 9.59 Å². The Labute approximate surface area is 147 Å². The van der Waals surface area contributed by atoms with Crippen LogP contribution in [0.3, 0.4) is 0 Å². The Bertz CT molecular complexity index is 717. The van der Waals surface area contributed by atoms with E-state index in [0.717, 1.165) is 5.75 Å². The summed E-state index contributed by atoms with van der Waals surface area (Å²) in [5.41, 5.74) is 5.85. The first kappa shape index (κ1) is 18.5. The van der Waals surface area contributed by atoms with Gasteiger partial charge in [0.25, 0.3) is 0 Å². The molecule has 0 aliphatic rings. The highest BCUT2D eigenvalue weighted by Gasteiger charge is 2.16. The quantitative estimate of drug-likeness (QED) is 0.773. The molecule has 0 bridgehead atoms. The van der Waals surface area contributed by atoms with E-state index in [0.29, 0.717) is 11.4 Å². The standard InChI is InChI=1S/C19H23N3O3/c1-14(2)22(12-18(20)23)13-19(24)21-15-7-6-10-17(11-15)25-16-8-4-3-5-9-16/h3-11,14H,12-13H2,1-2H3,(H2,20,23)(H,21,24). The molecule has 2 aromatic rings. The van der Waals surface area contributed by atoms with Crippen molar-refractivity contribution in [1.82, 2.24) is 4.90 Å². The second kappa shape index (κ2) is 8.84. The van der Waals surface area contributed by atoms with Gasteiger partial charge >= 0.3 is 0 Å². The van der Waals surface area contributed by atoms with Crippen LogP contribution in [0.15, 0.2) is 54.6 Å². The molecule has 0 unspecified atom stereocenters. The van der Waals surface area contributed by atoms with Crippen molar-refractivity contribution in [3.63, 3.8) is 0 Å². The van der Waals surface area contributed by atoms with Crippen LogP contribution in [0.4, 0.5) is 5.69 Å². The van der Waals surface area contributed by atoms with E-state index in [1.54, 1.807) is 23.1 Å². The molecular weight excluding hydrogens is 318 g/mol. The predicted molar refractivity (Wildman–Crippen MR) is 97.5 cm³/mol. The summed E-state index contributed by atoms with van der Waals surface area (Å²) in [5, 5.41) is 2.81. The van der Waals surface area contributed by atoms with Gasteiger partial charge in [0.2, 0.25) is 11.8 Å². The molecule has 0 aromatic heterocycles. The van der Waals surface area contributed by atoms with Crippen LogP contribution in [-0.2, 0) is 9.59 Å². The van der Waals surface area contributed by atoms with E-state index in [2.05, 4.69) is 5.32 Å². The molecular formula is C19H23N3O3. The van der Waals surface area contributed by atoms with Gasteiger partial charge in [-0.3, -0.25) is 14.5 Å². The number of para-hydroxylation sites is 1. The molecule has 0 aliphatic heterocycles. The lowest BCUT2D eigenvalue weighted by Gasteiger charge is -2.24. The molecule has 0 heterocycles. The molecule has 6 heteroatoms. The number of hydrogen-bond donors (Lipinski definition) is 2. The Kier molecular flexibility index (Phi) is 6.54. The van der Waals surface area contributed by atoms with Crippen molar-refractivity contribution in [2.75, 3.05) is 18.4 Å². The van der Waals surface area contributed by atoms with Crippen molar-refractivity contribution in [3.05, 3.63) is 54.6 Å². The van der Waals surface area contributed by atoms with E-state index in [1.807, 2.05) is 50.2 Å². The van der Waals surface area contributed by atoms with E-state index < -0.39 is 5.91 Å². The van der Waals surface area contributed by atoms with Crippen LogP contribution in [0.1, 0.15) is 13.8 Å². The fraction of sp³-hybridized carbons (Fsp3) is 0.263. The third-order valence-corrected chi connectivity index (χ3v) is 3.53. The molecule has 3 N–H and O–H groups in total. The maximum absolute atomic E-state index is 12.2. The summed E-state index contributed by atoms with van der Waals surface area (Å²) in [6, 6.07) is 16.6. The first-order valence-electron chi connectivity index (χ1n) is 8.09. The van der Waals surface area contributed by atoms with Gasteiger partial charge < -0.3 is 15.8 Å². The van der Waals surface area contributed by atoms with E-state index in [-0.39, 0.29) is 25.0 Å². The highest BCUT2D eigenvalue weighted by Crippen LogP contribution is 2.23. The number of carbonyl (C=O) groups excluding carboxylic acids is 2. The Morgan fingerprint density at radius 3 is 2.36 bits per heavy atom. The second-order valence-electron chi connectivity index (χ2n) is 5.96. The summed E-state index contributed by atoms with van der Waals surface area (Å²) >= 11 is 0. The molecule has 132 valence electrons. The van der Waals surface area contributed by atoms with Crippen molar-refractivity contribution in [1.29, 1.82) is 0 Å². The predicted octanol–water partition coefficient (Wildman–Crippen LogP) is 2.61. The minimum atomic E-state index is -0.459. The van der Waals surface area contributed by atoms with Crippen molar-refractivity contribution < 1.29 is 14.3 Å². The molecule has 0 saturated carbocycles. The minimum Gasteiger partial charge on any atom is -0.457 e. The number of primary amides is 1. The highest BCUT2D eigenvalue weighted by molar-refractivity contribution is 5.92. The van der Waals surface area contributed by atoms with Gasteiger partial charge in [-0.25, -0.2) is 0 Å². The summed E-state index contributed by atoms with van der Waals surface area (Å²) < 4.78 is 5.75. The number of ether oxygens (including phenoxy) is 1. The largest absolute Gasteiger partial charge is 0.457 e. The van der Waals surface area contributed by atoms with Crippen LogP contribution >= 0.6 is 0 Å². The highest BCUT2D eigenvalue weighted by atomic mass is 16.5.